The number of ether oxygens (including phenoxy) is 2. The summed E-state index contributed by atoms with van der Waals surface area (Å²) < 4.78 is 10.5. The van der Waals surface area contributed by atoms with Crippen molar-refractivity contribution in [3.05, 3.63) is 23.8 Å². The lowest BCUT2D eigenvalue weighted by Gasteiger charge is -2.39. The molecule has 124 valence electrons. The van der Waals surface area contributed by atoms with Gasteiger partial charge in [0, 0.05) is 25.7 Å². The molecule has 23 heavy (non-hydrogen) atoms. The third-order valence-corrected chi connectivity index (χ3v) is 4.30. The van der Waals surface area contributed by atoms with E-state index in [2.05, 4.69) is 11.8 Å². The number of nitrogens with zero attached hydrogens (tertiary/aromatic N) is 2. The van der Waals surface area contributed by atoms with Crippen molar-refractivity contribution in [1.82, 2.24) is 9.80 Å². The molecule has 0 aliphatic carbocycles. The summed E-state index contributed by atoms with van der Waals surface area (Å²) in [5.41, 5.74) is 0.537. The zero-order valence-electron chi connectivity index (χ0n) is 13.6. The van der Waals surface area contributed by atoms with Crippen molar-refractivity contribution in [2.75, 3.05) is 40.0 Å². The molecule has 6 nitrogen and oxygen atoms in total. The smallest absolute Gasteiger partial charge is 0.231 e. The summed E-state index contributed by atoms with van der Waals surface area (Å²) in [7, 11) is 1.69. The van der Waals surface area contributed by atoms with Crippen LogP contribution in [0.2, 0.25) is 0 Å². The van der Waals surface area contributed by atoms with Crippen LogP contribution in [0.25, 0.3) is 0 Å². The Kier molecular flexibility index (Phi) is 4.52. The number of Topliss-reactive ketones (excluding diaryl/α,β-unsaturated/α-hetero) is 1. The van der Waals surface area contributed by atoms with E-state index in [0.717, 1.165) is 26.1 Å². The fourth-order valence-corrected chi connectivity index (χ4v) is 2.99. The normalized spacial score (nSPS) is 17.0. The monoisotopic (exact) mass is 318 g/mol. The molecule has 1 amide bonds. The van der Waals surface area contributed by atoms with Crippen molar-refractivity contribution in [2.45, 2.75) is 13.3 Å². The van der Waals surface area contributed by atoms with Crippen molar-refractivity contribution in [1.29, 1.82) is 0 Å². The van der Waals surface area contributed by atoms with Gasteiger partial charge in [0.15, 0.2) is 17.3 Å². The Morgan fingerprint density at radius 1 is 1.26 bits per heavy atom. The maximum absolute atomic E-state index is 12.4. The highest BCUT2D eigenvalue weighted by Crippen LogP contribution is 2.32. The standard InChI is InChI=1S/C17H22N2O4/c1-3-6-19-8-13(9-19)17(21)18(2)10-14(20)12-4-5-15-16(7-12)23-11-22-15/h4-5,7,13H,3,6,8-11H2,1-2H3. The minimum atomic E-state index is -0.0936. The maximum atomic E-state index is 12.4. The van der Waals surface area contributed by atoms with Gasteiger partial charge in [-0.3, -0.25) is 9.59 Å². The van der Waals surface area contributed by atoms with Gasteiger partial charge in [0.2, 0.25) is 12.7 Å². The summed E-state index contributed by atoms with van der Waals surface area (Å²) in [6.07, 6.45) is 1.10. The van der Waals surface area contributed by atoms with Crippen LogP contribution in [0.5, 0.6) is 11.5 Å². The van der Waals surface area contributed by atoms with Crippen molar-refractivity contribution in [3.63, 3.8) is 0 Å². The largest absolute Gasteiger partial charge is 0.454 e. The van der Waals surface area contributed by atoms with E-state index >= 15 is 0 Å². The minimum Gasteiger partial charge on any atom is -0.454 e. The number of carbonyl (C=O) groups is 2. The highest BCUT2D eigenvalue weighted by atomic mass is 16.7. The van der Waals surface area contributed by atoms with E-state index in [0.29, 0.717) is 17.1 Å². The van der Waals surface area contributed by atoms with Crippen molar-refractivity contribution < 1.29 is 19.1 Å². The van der Waals surface area contributed by atoms with Gasteiger partial charge in [-0.1, -0.05) is 6.92 Å². The number of fused-ring (bicyclic) bond motifs is 1. The number of hydrogen-bond acceptors (Lipinski definition) is 5. The Labute approximate surface area is 136 Å². The quantitative estimate of drug-likeness (QED) is 0.742. The molecule has 0 saturated carbocycles. The van der Waals surface area contributed by atoms with Crippen LogP contribution in [-0.4, -0.2) is 61.5 Å². The fourth-order valence-electron chi connectivity index (χ4n) is 2.99. The van der Waals surface area contributed by atoms with Crippen molar-refractivity contribution >= 4 is 11.7 Å². The first-order chi connectivity index (χ1) is 11.1. The number of benzene rings is 1. The average Bonchev–Trinajstić information content (AvgIpc) is 2.97. The SMILES string of the molecule is CCCN1CC(C(=O)N(C)CC(=O)c2ccc3c(c2)OCO3)C1. The van der Waals surface area contributed by atoms with Crippen LogP contribution in [0.15, 0.2) is 18.2 Å². The Morgan fingerprint density at radius 3 is 2.74 bits per heavy atom. The zero-order valence-corrected chi connectivity index (χ0v) is 13.6. The molecule has 0 bridgehead atoms. The van der Waals surface area contributed by atoms with Gasteiger partial charge in [-0.15, -0.1) is 0 Å². The van der Waals surface area contributed by atoms with Crippen molar-refractivity contribution in [3.8, 4) is 11.5 Å². The minimum absolute atomic E-state index is 0.0242. The van der Waals surface area contributed by atoms with Gasteiger partial charge in [-0.2, -0.15) is 0 Å². The van der Waals surface area contributed by atoms with Gasteiger partial charge in [0.05, 0.1) is 12.5 Å². The summed E-state index contributed by atoms with van der Waals surface area (Å²) in [6, 6.07) is 5.11. The number of amides is 1. The topological polar surface area (TPSA) is 59.1 Å². The third-order valence-electron chi connectivity index (χ3n) is 4.30. The molecule has 1 saturated heterocycles. The summed E-state index contributed by atoms with van der Waals surface area (Å²) in [5.74, 6) is 1.21. The Hall–Kier alpha value is -2.08. The van der Waals surface area contributed by atoms with Gasteiger partial charge in [-0.25, -0.2) is 0 Å². The zero-order chi connectivity index (χ0) is 16.4. The molecule has 1 fully saturated rings. The summed E-state index contributed by atoms with van der Waals surface area (Å²) in [5, 5.41) is 0. The third kappa shape index (κ3) is 3.32. The van der Waals surface area contributed by atoms with Gasteiger partial charge >= 0.3 is 0 Å². The predicted octanol–water partition coefficient (Wildman–Crippen LogP) is 1.40. The molecule has 0 atom stereocenters. The number of likely N-dealkylation sites (tertiary alicyclic amines) is 1. The molecule has 0 N–H and O–H groups in total. The Bertz CT molecular complexity index is 611. The molecule has 0 radical (unpaired) electrons. The van der Waals surface area contributed by atoms with Gasteiger partial charge < -0.3 is 19.3 Å². The first kappa shape index (κ1) is 15.8. The predicted molar refractivity (Wildman–Crippen MR) is 84.8 cm³/mol. The first-order valence-electron chi connectivity index (χ1n) is 7.98. The second-order valence-corrected chi connectivity index (χ2v) is 6.14. The molecule has 2 aliphatic heterocycles. The number of ketones is 1. The van der Waals surface area contributed by atoms with E-state index in [1.165, 1.54) is 4.90 Å². The highest BCUT2D eigenvalue weighted by molar-refractivity contribution is 6.00. The van der Waals surface area contributed by atoms with Gasteiger partial charge in [0.1, 0.15) is 0 Å². The van der Waals surface area contributed by atoms with E-state index in [1.807, 2.05) is 0 Å². The highest BCUT2D eigenvalue weighted by Gasteiger charge is 2.34. The van der Waals surface area contributed by atoms with Gasteiger partial charge in [0.25, 0.3) is 0 Å². The van der Waals surface area contributed by atoms with Crippen molar-refractivity contribution in [2.24, 2.45) is 5.92 Å². The lowest BCUT2D eigenvalue weighted by Crippen LogP contribution is -2.54. The fraction of sp³-hybridized carbons (Fsp3) is 0.529. The molecule has 2 aliphatic rings. The molecule has 6 heteroatoms. The van der Waals surface area contributed by atoms with Crippen LogP contribution >= 0.6 is 0 Å². The second kappa shape index (κ2) is 6.58. The Morgan fingerprint density at radius 2 is 2.00 bits per heavy atom. The maximum Gasteiger partial charge on any atom is 0.231 e. The van der Waals surface area contributed by atoms with E-state index in [-0.39, 0.29) is 30.9 Å². The lowest BCUT2D eigenvalue weighted by molar-refractivity contribution is -0.139. The van der Waals surface area contributed by atoms with Crippen LogP contribution in [0, 0.1) is 5.92 Å². The Balaban J connectivity index is 1.54. The summed E-state index contributed by atoms with van der Waals surface area (Å²) >= 11 is 0. The van der Waals surface area contributed by atoms with Crippen LogP contribution < -0.4 is 9.47 Å². The molecule has 0 aromatic heterocycles. The van der Waals surface area contributed by atoms with E-state index in [1.54, 1.807) is 25.2 Å². The molecule has 1 aromatic carbocycles. The average molecular weight is 318 g/mol. The molecule has 2 heterocycles. The number of likely N-dealkylation sites (N-methyl/N-ethyl adjacent to an activating group) is 1. The molecule has 0 unspecified atom stereocenters. The van der Waals surface area contributed by atoms with E-state index < -0.39 is 0 Å². The number of carbonyl (C=O) groups excluding carboxylic acids is 2. The van der Waals surface area contributed by atoms with E-state index in [9.17, 15) is 9.59 Å². The van der Waals surface area contributed by atoms with Crippen LogP contribution in [0.1, 0.15) is 23.7 Å². The second-order valence-electron chi connectivity index (χ2n) is 6.14. The van der Waals surface area contributed by atoms with Crippen LogP contribution in [-0.2, 0) is 4.79 Å². The molecule has 3 rings (SSSR count). The molecule has 0 spiro atoms. The molecule has 1 aromatic rings. The van der Waals surface area contributed by atoms with Crippen LogP contribution in [0.3, 0.4) is 0 Å². The number of hydrogen-bond donors (Lipinski definition) is 0. The summed E-state index contributed by atoms with van der Waals surface area (Å²) in [6.45, 7) is 5.03. The van der Waals surface area contributed by atoms with E-state index in [4.69, 9.17) is 9.47 Å². The van der Waals surface area contributed by atoms with Crippen LogP contribution in [0.4, 0.5) is 0 Å². The van der Waals surface area contributed by atoms with Gasteiger partial charge in [-0.05, 0) is 31.2 Å². The lowest BCUT2D eigenvalue weighted by atomic mass is 9.98. The first-order valence-corrected chi connectivity index (χ1v) is 7.98. The number of rotatable bonds is 6. The summed E-state index contributed by atoms with van der Waals surface area (Å²) in [4.78, 5) is 28.5. The molecular formula is C17H22N2O4. The molecular weight excluding hydrogens is 296 g/mol.